The molecule has 0 saturated carbocycles. The number of methoxy groups -OCH3 is 1. The monoisotopic (exact) mass is 421 g/mol. The summed E-state index contributed by atoms with van der Waals surface area (Å²) < 4.78 is 4.76. The molecule has 0 aliphatic carbocycles. The molecule has 1 amide bonds. The molecule has 1 aliphatic heterocycles. The Balaban J connectivity index is 1.53. The number of rotatable bonds is 7. The quantitative estimate of drug-likeness (QED) is 0.589. The molecular weight excluding hydrogens is 398 g/mol. The Kier molecular flexibility index (Phi) is 6.18. The number of aliphatic imine (C=N–C) groups is 1. The summed E-state index contributed by atoms with van der Waals surface area (Å²) in [5.41, 5.74) is 3.31. The molecule has 154 valence electrons. The molecule has 7 heteroatoms. The van der Waals surface area contributed by atoms with Crippen LogP contribution in [0.5, 0.6) is 0 Å². The molecule has 0 radical (unpaired) electrons. The second-order valence-corrected chi connectivity index (χ2v) is 8.24. The Hall–Kier alpha value is -3.06. The van der Waals surface area contributed by atoms with Gasteiger partial charge < -0.3 is 9.72 Å². The maximum absolute atomic E-state index is 13.0. The van der Waals surface area contributed by atoms with E-state index in [1.807, 2.05) is 54.7 Å². The highest BCUT2D eigenvalue weighted by Crippen LogP contribution is 2.31. The van der Waals surface area contributed by atoms with Crippen LogP contribution in [0.1, 0.15) is 17.5 Å². The van der Waals surface area contributed by atoms with E-state index >= 15 is 0 Å². The molecule has 0 spiro atoms. The predicted octanol–water partition coefficient (Wildman–Crippen LogP) is 3.77. The third-order valence-corrected chi connectivity index (χ3v) is 6.33. The Morgan fingerprint density at radius 1 is 1.17 bits per heavy atom. The fraction of sp³-hybridized carbons (Fsp3) is 0.261. The summed E-state index contributed by atoms with van der Waals surface area (Å²) in [6, 6.07) is 18.0. The van der Waals surface area contributed by atoms with Crippen molar-refractivity contribution in [2.45, 2.75) is 24.6 Å². The summed E-state index contributed by atoms with van der Waals surface area (Å²) in [4.78, 5) is 34.4. The molecule has 6 nitrogen and oxygen atoms in total. The highest BCUT2D eigenvalue weighted by molar-refractivity contribution is 8.15. The normalized spacial score (nSPS) is 17.8. The van der Waals surface area contributed by atoms with Gasteiger partial charge in [0.05, 0.1) is 20.1 Å². The minimum atomic E-state index is -0.491. The minimum Gasteiger partial charge on any atom is -0.469 e. The first-order valence-corrected chi connectivity index (χ1v) is 10.7. The lowest BCUT2D eigenvalue weighted by Gasteiger charge is -2.16. The average Bonchev–Trinajstić information content (AvgIpc) is 3.32. The van der Waals surface area contributed by atoms with Crippen molar-refractivity contribution in [1.29, 1.82) is 0 Å². The second-order valence-electron chi connectivity index (χ2n) is 7.07. The topological polar surface area (TPSA) is 74.8 Å². The lowest BCUT2D eigenvalue weighted by molar-refractivity contribution is -0.142. The zero-order valence-corrected chi connectivity index (χ0v) is 17.5. The Labute approximate surface area is 179 Å². The minimum absolute atomic E-state index is 0.0495. The molecule has 0 bridgehead atoms. The molecule has 30 heavy (non-hydrogen) atoms. The van der Waals surface area contributed by atoms with Crippen LogP contribution in [0.2, 0.25) is 0 Å². The third kappa shape index (κ3) is 4.41. The van der Waals surface area contributed by atoms with Gasteiger partial charge in [-0.2, -0.15) is 0 Å². The van der Waals surface area contributed by atoms with Crippen LogP contribution in [-0.2, 0) is 27.3 Å². The summed E-state index contributed by atoms with van der Waals surface area (Å²) in [7, 11) is 1.34. The van der Waals surface area contributed by atoms with Crippen molar-refractivity contribution in [1.82, 2.24) is 9.88 Å². The first kappa shape index (κ1) is 20.2. The number of hydrogen-bond acceptors (Lipinski definition) is 5. The molecule has 4 rings (SSSR count). The summed E-state index contributed by atoms with van der Waals surface area (Å²) in [6.45, 7) is 1.00. The van der Waals surface area contributed by atoms with Crippen molar-refractivity contribution in [2.24, 2.45) is 4.99 Å². The smallest absolute Gasteiger partial charge is 0.307 e. The maximum Gasteiger partial charge on any atom is 0.307 e. The van der Waals surface area contributed by atoms with E-state index in [1.54, 1.807) is 4.90 Å². The molecule has 1 saturated heterocycles. The number of ether oxygens (including phenoxy) is 1. The molecule has 0 unspecified atom stereocenters. The summed E-state index contributed by atoms with van der Waals surface area (Å²) in [5, 5.41) is 1.33. The van der Waals surface area contributed by atoms with Crippen LogP contribution < -0.4 is 0 Å². The molecule has 2 heterocycles. The van der Waals surface area contributed by atoms with Crippen LogP contribution in [0, 0.1) is 0 Å². The van der Waals surface area contributed by atoms with Gasteiger partial charge in [0.15, 0.2) is 5.17 Å². The third-order valence-electron chi connectivity index (χ3n) is 5.12. The van der Waals surface area contributed by atoms with Gasteiger partial charge in [-0.1, -0.05) is 60.3 Å². The number of benzene rings is 2. The average molecular weight is 422 g/mol. The zero-order valence-electron chi connectivity index (χ0n) is 16.7. The largest absolute Gasteiger partial charge is 0.469 e. The van der Waals surface area contributed by atoms with Crippen LogP contribution in [0.4, 0.5) is 0 Å². The molecule has 1 aliphatic rings. The molecule has 1 N–H and O–H groups in total. The van der Waals surface area contributed by atoms with Gasteiger partial charge in [-0.25, -0.2) is 0 Å². The van der Waals surface area contributed by atoms with Crippen molar-refractivity contribution in [3.8, 4) is 0 Å². The van der Waals surface area contributed by atoms with E-state index in [1.165, 1.54) is 18.9 Å². The standard InChI is InChI=1S/C23H23N3O3S/c1-29-21(27)13-20-22(28)26(23(30-20)25-14-16-7-3-2-4-8-16)12-11-17-15-24-19-10-6-5-9-18(17)19/h2-10,15,20,24H,11-14H2,1H3/t20-/m1/s1. The lowest BCUT2D eigenvalue weighted by Crippen LogP contribution is -2.34. The molecule has 2 aromatic carbocycles. The predicted molar refractivity (Wildman–Crippen MR) is 119 cm³/mol. The number of aromatic nitrogens is 1. The van der Waals surface area contributed by atoms with Gasteiger partial charge in [0.25, 0.3) is 0 Å². The Morgan fingerprint density at radius 2 is 1.93 bits per heavy atom. The van der Waals surface area contributed by atoms with Crippen LogP contribution in [0.3, 0.4) is 0 Å². The van der Waals surface area contributed by atoms with Gasteiger partial charge in [0, 0.05) is 23.6 Å². The Morgan fingerprint density at radius 3 is 2.73 bits per heavy atom. The summed E-state index contributed by atoms with van der Waals surface area (Å²) in [5.74, 6) is -0.473. The van der Waals surface area contributed by atoms with Crippen molar-refractivity contribution in [3.63, 3.8) is 0 Å². The maximum atomic E-state index is 13.0. The molecular formula is C23H23N3O3S. The van der Waals surface area contributed by atoms with Gasteiger partial charge in [0.2, 0.25) is 5.91 Å². The van der Waals surface area contributed by atoms with Crippen molar-refractivity contribution < 1.29 is 14.3 Å². The van der Waals surface area contributed by atoms with Gasteiger partial charge in [0.1, 0.15) is 5.25 Å². The first-order valence-electron chi connectivity index (χ1n) is 9.84. The fourth-order valence-corrected chi connectivity index (χ4v) is 4.66. The van der Waals surface area contributed by atoms with Crippen LogP contribution in [0.15, 0.2) is 65.8 Å². The number of aromatic amines is 1. The van der Waals surface area contributed by atoms with Crippen LogP contribution in [-0.4, -0.2) is 45.8 Å². The van der Waals surface area contributed by atoms with E-state index in [0.29, 0.717) is 24.7 Å². The van der Waals surface area contributed by atoms with E-state index in [4.69, 9.17) is 9.73 Å². The second kappa shape index (κ2) is 9.17. The molecule has 3 aromatic rings. The number of hydrogen-bond donors (Lipinski definition) is 1. The lowest BCUT2D eigenvalue weighted by atomic mass is 10.1. The highest BCUT2D eigenvalue weighted by Gasteiger charge is 2.39. The number of para-hydroxylation sites is 1. The first-order chi connectivity index (χ1) is 14.7. The van der Waals surface area contributed by atoms with Crippen LogP contribution in [0.25, 0.3) is 10.9 Å². The Bertz CT molecular complexity index is 1080. The number of H-pyrrole nitrogens is 1. The molecule has 1 aromatic heterocycles. The van der Waals surface area contributed by atoms with E-state index in [2.05, 4.69) is 11.1 Å². The molecule has 1 atom stereocenters. The highest BCUT2D eigenvalue weighted by atomic mass is 32.2. The van der Waals surface area contributed by atoms with E-state index < -0.39 is 5.25 Å². The van der Waals surface area contributed by atoms with Gasteiger partial charge in [-0.15, -0.1) is 0 Å². The number of thioether (sulfide) groups is 1. The number of nitrogens with one attached hydrogen (secondary N) is 1. The van der Waals surface area contributed by atoms with Crippen molar-refractivity contribution >= 4 is 39.7 Å². The van der Waals surface area contributed by atoms with E-state index in [0.717, 1.165) is 22.0 Å². The number of amidine groups is 1. The number of carbonyl (C=O) groups is 2. The van der Waals surface area contributed by atoms with E-state index in [-0.39, 0.29) is 18.3 Å². The van der Waals surface area contributed by atoms with Crippen LogP contribution >= 0.6 is 11.8 Å². The summed E-state index contributed by atoms with van der Waals surface area (Å²) >= 11 is 1.35. The number of esters is 1. The van der Waals surface area contributed by atoms with Gasteiger partial charge in [-0.3, -0.25) is 19.5 Å². The van der Waals surface area contributed by atoms with Crippen molar-refractivity contribution in [2.75, 3.05) is 13.7 Å². The summed E-state index contributed by atoms with van der Waals surface area (Å²) in [6.07, 6.45) is 2.74. The van der Waals surface area contributed by atoms with Crippen molar-refractivity contribution in [3.05, 3.63) is 71.9 Å². The fourth-order valence-electron chi connectivity index (χ4n) is 3.51. The molecule has 1 fully saturated rings. The van der Waals surface area contributed by atoms with E-state index in [9.17, 15) is 9.59 Å². The van der Waals surface area contributed by atoms with Gasteiger partial charge >= 0.3 is 5.97 Å². The number of amides is 1. The zero-order chi connectivity index (χ0) is 20.9. The number of nitrogens with zero attached hydrogens (tertiary/aromatic N) is 2. The SMILES string of the molecule is COC(=O)C[C@H]1SC(=NCc2ccccc2)N(CCc2c[nH]c3ccccc23)C1=O. The number of carbonyl (C=O) groups excluding carboxylic acids is 2. The number of fused-ring (bicyclic) bond motifs is 1. The van der Waals surface area contributed by atoms with Gasteiger partial charge in [-0.05, 0) is 23.6 Å².